The lowest BCUT2D eigenvalue weighted by atomic mass is 9.85. The lowest BCUT2D eigenvalue weighted by Crippen LogP contribution is -2.40. The van der Waals surface area contributed by atoms with Gasteiger partial charge < -0.3 is 14.7 Å². The lowest BCUT2D eigenvalue weighted by molar-refractivity contribution is -0.162. The molecule has 1 N–H and O–H groups in total. The van der Waals surface area contributed by atoms with Crippen molar-refractivity contribution in [1.82, 2.24) is 4.90 Å². The number of benzene rings is 2. The third-order valence-electron chi connectivity index (χ3n) is 4.95. The molecule has 140 valence electrons. The van der Waals surface area contributed by atoms with Gasteiger partial charge in [0.15, 0.2) is 0 Å². The quantitative estimate of drug-likeness (QED) is 0.737. The minimum Gasteiger partial charge on any atom is -0.462 e. The maximum Gasteiger partial charge on any atom is 0.347 e. The Balaban J connectivity index is 2.32. The Hall–Kier alpha value is -2.17. The normalized spacial score (nSPS) is 13.5. The highest BCUT2D eigenvalue weighted by atomic mass is 16.5. The zero-order chi connectivity index (χ0) is 19.2. The van der Waals surface area contributed by atoms with Crippen molar-refractivity contribution in [3.8, 4) is 0 Å². The zero-order valence-electron chi connectivity index (χ0n) is 16.2. The molecule has 0 heterocycles. The molecule has 0 aromatic heterocycles. The summed E-state index contributed by atoms with van der Waals surface area (Å²) in [4.78, 5) is 15.1. The molecule has 0 amide bonds. The predicted molar refractivity (Wildman–Crippen MR) is 104 cm³/mol. The smallest absolute Gasteiger partial charge is 0.347 e. The number of aliphatic hydroxyl groups is 1. The van der Waals surface area contributed by atoms with Gasteiger partial charge in [-0.1, -0.05) is 62.4 Å². The predicted octanol–water partition coefficient (Wildman–Crippen LogP) is 3.42. The van der Waals surface area contributed by atoms with Gasteiger partial charge in [0, 0.05) is 6.54 Å². The molecule has 2 aromatic rings. The van der Waals surface area contributed by atoms with E-state index in [0.717, 1.165) is 24.2 Å². The fourth-order valence-corrected chi connectivity index (χ4v) is 2.96. The van der Waals surface area contributed by atoms with Crippen molar-refractivity contribution >= 4 is 5.97 Å². The van der Waals surface area contributed by atoms with Crippen molar-refractivity contribution in [1.29, 1.82) is 0 Å². The minimum absolute atomic E-state index is 0.250. The van der Waals surface area contributed by atoms with Gasteiger partial charge in [-0.3, -0.25) is 0 Å². The molecule has 4 nitrogen and oxygen atoms in total. The molecule has 0 radical (unpaired) electrons. The lowest BCUT2D eigenvalue weighted by Gasteiger charge is -2.28. The fraction of sp³-hybridized carbons (Fsp3) is 0.409. The number of esters is 1. The number of carbonyl (C=O) groups excluding carboxylic acids is 1. The van der Waals surface area contributed by atoms with Gasteiger partial charge >= 0.3 is 5.97 Å². The van der Waals surface area contributed by atoms with Crippen LogP contribution in [0.2, 0.25) is 0 Å². The summed E-state index contributed by atoms with van der Waals surface area (Å²) in [6.07, 6.45) is 0. The second kappa shape index (κ2) is 8.97. The molecular weight excluding hydrogens is 326 g/mol. The number of hydrogen-bond donors (Lipinski definition) is 1. The first-order valence-corrected chi connectivity index (χ1v) is 9.18. The first kappa shape index (κ1) is 20.1. The van der Waals surface area contributed by atoms with E-state index >= 15 is 0 Å². The third kappa shape index (κ3) is 4.32. The van der Waals surface area contributed by atoms with Crippen LogP contribution in [0, 0.1) is 13.8 Å². The van der Waals surface area contributed by atoms with Crippen LogP contribution in [0.15, 0.2) is 48.5 Å². The highest BCUT2D eigenvalue weighted by Crippen LogP contribution is 2.32. The summed E-state index contributed by atoms with van der Waals surface area (Å²) in [5, 5.41) is 11.4. The Bertz CT molecular complexity index is 725. The number of hydrogen-bond acceptors (Lipinski definition) is 4. The Morgan fingerprint density at radius 1 is 1.00 bits per heavy atom. The molecule has 0 fully saturated rings. The molecule has 0 aliphatic carbocycles. The average molecular weight is 355 g/mol. The van der Waals surface area contributed by atoms with Gasteiger partial charge in [-0.15, -0.1) is 0 Å². The molecule has 2 rings (SSSR count). The molecule has 0 aliphatic heterocycles. The average Bonchev–Trinajstić information content (AvgIpc) is 2.67. The van der Waals surface area contributed by atoms with Gasteiger partial charge in [-0.25, -0.2) is 4.79 Å². The number of nitrogens with zero attached hydrogens (tertiary/aromatic N) is 1. The molecule has 0 aliphatic rings. The van der Waals surface area contributed by atoms with Crippen LogP contribution in [-0.2, 0) is 15.1 Å². The van der Waals surface area contributed by atoms with E-state index in [4.69, 9.17) is 4.74 Å². The van der Waals surface area contributed by atoms with Crippen LogP contribution in [0.5, 0.6) is 0 Å². The van der Waals surface area contributed by atoms with Crippen LogP contribution in [0.4, 0.5) is 0 Å². The first-order valence-electron chi connectivity index (χ1n) is 9.18. The molecule has 2 aromatic carbocycles. The van der Waals surface area contributed by atoms with Gasteiger partial charge in [-0.05, 0) is 49.2 Å². The van der Waals surface area contributed by atoms with Crippen LogP contribution in [-0.4, -0.2) is 42.2 Å². The second-order valence-electron chi connectivity index (χ2n) is 6.54. The van der Waals surface area contributed by atoms with Crippen molar-refractivity contribution in [3.63, 3.8) is 0 Å². The maximum atomic E-state index is 12.9. The maximum absolute atomic E-state index is 12.9. The Kier molecular flexibility index (Phi) is 6.95. The van der Waals surface area contributed by atoms with Gasteiger partial charge in [0.25, 0.3) is 0 Å². The summed E-state index contributed by atoms with van der Waals surface area (Å²) in [5.74, 6) is -0.640. The molecular formula is C22H29NO3. The van der Waals surface area contributed by atoms with Crippen molar-refractivity contribution in [2.24, 2.45) is 0 Å². The van der Waals surface area contributed by atoms with Crippen molar-refractivity contribution < 1.29 is 14.6 Å². The van der Waals surface area contributed by atoms with E-state index in [1.165, 1.54) is 0 Å². The van der Waals surface area contributed by atoms with E-state index in [9.17, 15) is 9.90 Å². The van der Waals surface area contributed by atoms with Gasteiger partial charge in [0.05, 0.1) is 0 Å². The fourth-order valence-electron chi connectivity index (χ4n) is 2.96. The summed E-state index contributed by atoms with van der Waals surface area (Å²) in [7, 11) is 0. The molecule has 1 atom stereocenters. The van der Waals surface area contributed by atoms with Crippen LogP contribution >= 0.6 is 0 Å². The number of carbonyl (C=O) groups is 1. The van der Waals surface area contributed by atoms with E-state index in [1.807, 2.05) is 44.2 Å². The van der Waals surface area contributed by atoms with E-state index in [-0.39, 0.29) is 6.61 Å². The number of likely N-dealkylation sites (N-methyl/N-ethyl adjacent to an activating group) is 1. The van der Waals surface area contributed by atoms with Crippen LogP contribution in [0.25, 0.3) is 0 Å². The van der Waals surface area contributed by atoms with Gasteiger partial charge in [0.2, 0.25) is 5.60 Å². The van der Waals surface area contributed by atoms with E-state index < -0.39 is 11.6 Å². The molecule has 26 heavy (non-hydrogen) atoms. The van der Waals surface area contributed by atoms with Crippen LogP contribution in [0.3, 0.4) is 0 Å². The third-order valence-corrected chi connectivity index (χ3v) is 4.95. The molecule has 1 unspecified atom stereocenters. The van der Waals surface area contributed by atoms with Crippen molar-refractivity contribution in [3.05, 3.63) is 70.8 Å². The number of ether oxygens (including phenoxy) is 1. The van der Waals surface area contributed by atoms with Gasteiger partial charge in [0.1, 0.15) is 6.61 Å². The van der Waals surface area contributed by atoms with Crippen LogP contribution in [0.1, 0.15) is 36.1 Å². The highest BCUT2D eigenvalue weighted by Gasteiger charge is 2.41. The van der Waals surface area contributed by atoms with E-state index in [2.05, 4.69) is 18.7 Å². The number of aryl methyl sites for hydroxylation is 2. The van der Waals surface area contributed by atoms with Gasteiger partial charge in [-0.2, -0.15) is 0 Å². The monoisotopic (exact) mass is 355 g/mol. The summed E-state index contributed by atoms with van der Waals surface area (Å²) < 4.78 is 5.49. The summed E-state index contributed by atoms with van der Waals surface area (Å²) in [6, 6.07) is 14.5. The van der Waals surface area contributed by atoms with Crippen molar-refractivity contribution in [2.75, 3.05) is 26.2 Å². The zero-order valence-corrected chi connectivity index (χ0v) is 16.2. The molecule has 0 spiro atoms. The molecule has 0 saturated heterocycles. The molecule has 0 saturated carbocycles. The van der Waals surface area contributed by atoms with Crippen LogP contribution < -0.4 is 0 Å². The standard InChI is InChI=1S/C22H29NO3/c1-5-23(6-2)14-15-26-21(24)22(25,19-10-8-7-9-11-19)20-13-12-17(3)18(4)16-20/h7-13,16,25H,5-6,14-15H2,1-4H3. The number of rotatable bonds is 8. The molecule has 0 bridgehead atoms. The summed E-state index contributed by atoms with van der Waals surface area (Å²) >= 11 is 0. The van der Waals surface area contributed by atoms with Crippen molar-refractivity contribution in [2.45, 2.75) is 33.3 Å². The Morgan fingerprint density at radius 2 is 1.65 bits per heavy atom. The summed E-state index contributed by atoms with van der Waals surface area (Å²) in [5.41, 5.74) is 1.35. The summed E-state index contributed by atoms with van der Waals surface area (Å²) in [6.45, 7) is 10.8. The first-order chi connectivity index (χ1) is 12.4. The largest absolute Gasteiger partial charge is 0.462 e. The minimum atomic E-state index is -1.82. The highest BCUT2D eigenvalue weighted by molar-refractivity contribution is 5.85. The van der Waals surface area contributed by atoms with E-state index in [1.54, 1.807) is 18.2 Å². The Labute approximate surface area is 156 Å². The van der Waals surface area contributed by atoms with E-state index in [0.29, 0.717) is 17.7 Å². The topological polar surface area (TPSA) is 49.8 Å². The Morgan fingerprint density at radius 3 is 2.23 bits per heavy atom. The second-order valence-corrected chi connectivity index (χ2v) is 6.54. The molecule has 4 heteroatoms. The SMILES string of the molecule is CCN(CC)CCOC(=O)C(O)(c1ccccc1)c1ccc(C)c(C)c1.